The molecule has 12 nitrogen and oxygen atoms in total. The maximum atomic E-state index is 12.5. The van der Waals surface area contributed by atoms with E-state index in [-0.39, 0.29) is 12.8 Å². The van der Waals surface area contributed by atoms with Crippen LogP contribution in [0, 0.1) is 5.92 Å². The molecule has 0 aromatic carbocycles. The second-order valence-electron chi connectivity index (χ2n) is 7.15. The van der Waals surface area contributed by atoms with Crippen LogP contribution in [0.2, 0.25) is 0 Å². The molecular formula is C17H31N5O7. The highest BCUT2D eigenvalue weighted by Crippen LogP contribution is 2.06. The van der Waals surface area contributed by atoms with E-state index in [0.29, 0.717) is 0 Å². The Balaban J connectivity index is 5.44. The van der Waals surface area contributed by atoms with Crippen molar-refractivity contribution in [1.82, 2.24) is 16.0 Å². The van der Waals surface area contributed by atoms with Crippen LogP contribution < -0.4 is 27.4 Å². The van der Waals surface area contributed by atoms with Crippen LogP contribution in [0.15, 0.2) is 0 Å². The maximum absolute atomic E-state index is 12.5. The first kappa shape index (κ1) is 26.3. The third kappa shape index (κ3) is 9.34. The number of aliphatic carboxylic acids is 1. The lowest BCUT2D eigenvalue weighted by atomic mass is 10.0. The number of nitrogens with two attached hydrogens (primary N) is 2. The molecule has 0 aliphatic heterocycles. The van der Waals surface area contributed by atoms with Crippen molar-refractivity contribution in [1.29, 1.82) is 0 Å². The Morgan fingerprint density at radius 3 is 1.76 bits per heavy atom. The second kappa shape index (κ2) is 12.0. The summed E-state index contributed by atoms with van der Waals surface area (Å²) >= 11 is 0. The summed E-state index contributed by atoms with van der Waals surface area (Å²) < 4.78 is 0. The highest BCUT2D eigenvalue weighted by atomic mass is 16.4. The molecule has 0 aliphatic carbocycles. The van der Waals surface area contributed by atoms with Crippen LogP contribution in [0.4, 0.5) is 0 Å². The smallest absolute Gasteiger partial charge is 0.326 e. The molecule has 0 heterocycles. The van der Waals surface area contributed by atoms with Crippen LogP contribution in [0.25, 0.3) is 0 Å². The number of hydrogen-bond acceptors (Lipinski definition) is 7. The van der Waals surface area contributed by atoms with Crippen molar-refractivity contribution in [2.75, 3.05) is 0 Å². The third-order valence-corrected chi connectivity index (χ3v) is 4.02. The summed E-state index contributed by atoms with van der Waals surface area (Å²) in [6.07, 6.45) is -1.78. The molecule has 5 atom stereocenters. The van der Waals surface area contributed by atoms with Crippen molar-refractivity contribution in [3.63, 3.8) is 0 Å². The number of aliphatic hydroxyl groups excluding tert-OH is 1. The average molecular weight is 417 g/mol. The van der Waals surface area contributed by atoms with E-state index < -0.39 is 65.8 Å². The monoisotopic (exact) mass is 417 g/mol. The summed E-state index contributed by atoms with van der Waals surface area (Å²) in [6.45, 7) is 5.81. The van der Waals surface area contributed by atoms with Crippen molar-refractivity contribution in [2.45, 2.75) is 70.8 Å². The summed E-state index contributed by atoms with van der Waals surface area (Å²) in [5, 5.41) is 25.9. The van der Waals surface area contributed by atoms with E-state index in [0.717, 1.165) is 0 Å². The number of rotatable bonds is 12. The Hall–Kier alpha value is -2.73. The summed E-state index contributed by atoms with van der Waals surface area (Å²) in [7, 11) is 0. The molecule has 0 spiro atoms. The van der Waals surface area contributed by atoms with Crippen LogP contribution in [0.3, 0.4) is 0 Å². The number of nitrogens with one attached hydrogen (secondary N) is 3. The van der Waals surface area contributed by atoms with E-state index in [9.17, 15) is 34.2 Å². The molecule has 9 N–H and O–H groups in total. The van der Waals surface area contributed by atoms with Crippen LogP contribution in [-0.4, -0.2) is 70.1 Å². The number of carboxylic acids is 1. The van der Waals surface area contributed by atoms with Gasteiger partial charge in [-0.05, 0) is 26.2 Å². The van der Waals surface area contributed by atoms with Crippen LogP contribution >= 0.6 is 0 Å². The van der Waals surface area contributed by atoms with Gasteiger partial charge >= 0.3 is 5.97 Å². The molecule has 0 saturated heterocycles. The summed E-state index contributed by atoms with van der Waals surface area (Å²) in [6, 6.07) is -4.90. The van der Waals surface area contributed by atoms with E-state index in [2.05, 4.69) is 16.0 Å². The van der Waals surface area contributed by atoms with Gasteiger partial charge in [-0.2, -0.15) is 0 Å². The highest BCUT2D eigenvalue weighted by Gasteiger charge is 2.32. The standard InChI is InChI=1S/C17H31N5O7/c1-7(2)12(17(28)29)21-15(26)10(5-6-11(19)24)20-16(27)13(9(4)23)22-14(25)8(3)18/h7-10,12-13,23H,5-6,18H2,1-4H3,(H2,19,24)(H,20,27)(H,21,26)(H,22,25)(H,28,29). The Morgan fingerprint density at radius 1 is 0.862 bits per heavy atom. The van der Waals surface area contributed by atoms with Gasteiger partial charge in [-0.1, -0.05) is 13.8 Å². The molecule has 166 valence electrons. The topological polar surface area (TPSA) is 214 Å². The molecular weight excluding hydrogens is 386 g/mol. The zero-order valence-electron chi connectivity index (χ0n) is 17.0. The summed E-state index contributed by atoms with van der Waals surface area (Å²) in [5.41, 5.74) is 10.5. The predicted octanol–water partition coefficient (Wildman–Crippen LogP) is -2.83. The minimum absolute atomic E-state index is 0.203. The van der Waals surface area contributed by atoms with Gasteiger partial charge in [-0.25, -0.2) is 4.79 Å². The molecule has 0 rings (SSSR count). The lowest BCUT2D eigenvalue weighted by molar-refractivity contribution is -0.143. The Labute approximate surface area is 168 Å². The van der Waals surface area contributed by atoms with Gasteiger partial charge < -0.3 is 37.6 Å². The Morgan fingerprint density at radius 2 is 1.38 bits per heavy atom. The molecule has 5 unspecified atom stereocenters. The predicted molar refractivity (Wildman–Crippen MR) is 102 cm³/mol. The van der Waals surface area contributed by atoms with Gasteiger partial charge in [0.2, 0.25) is 23.6 Å². The highest BCUT2D eigenvalue weighted by molar-refractivity contribution is 5.94. The molecule has 0 aliphatic rings. The fraction of sp³-hybridized carbons (Fsp3) is 0.706. The average Bonchev–Trinajstić information content (AvgIpc) is 2.58. The molecule has 0 radical (unpaired) electrons. The summed E-state index contributed by atoms with van der Waals surface area (Å²) in [4.78, 5) is 59.2. The van der Waals surface area contributed by atoms with Gasteiger partial charge in [0.1, 0.15) is 18.1 Å². The number of aliphatic hydroxyl groups is 1. The van der Waals surface area contributed by atoms with Gasteiger partial charge in [-0.15, -0.1) is 0 Å². The van der Waals surface area contributed by atoms with Crippen LogP contribution in [0.5, 0.6) is 0 Å². The summed E-state index contributed by atoms with van der Waals surface area (Å²) in [5.74, 6) is -4.89. The third-order valence-electron chi connectivity index (χ3n) is 4.02. The van der Waals surface area contributed by atoms with Crippen molar-refractivity contribution in [3.05, 3.63) is 0 Å². The molecule has 4 amide bonds. The van der Waals surface area contributed by atoms with Crippen LogP contribution in [-0.2, 0) is 24.0 Å². The van der Waals surface area contributed by atoms with Crippen molar-refractivity contribution < 1.29 is 34.2 Å². The van der Waals surface area contributed by atoms with E-state index in [1.807, 2.05) is 0 Å². The molecule has 0 fully saturated rings. The van der Waals surface area contributed by atoms with Crippen LogP contribution in [0.1, 0.15) is 40.5 Å². The molecule has 0 aromatic heterocycles. The molecule has 12 heteroatoms. The molecule has 0 aromatic rings. The second-order valence-corrected chi connectivity index (χ2v) is 7.15. The normalized spacial score (nSPS) is 16.1. The lowest BCUT2D eigenvalue weighted by Gasteiger charge is -2.26. The number of primary amides is 1. The fourth-order valence-electron chi connectivity index (χ4n) is 2.27. The first-order valence-corrected chi connectivity index (χ1v) is 9.13. The van der Waals surface area contributed by atoms with E-state index in [1.54, 1.807) is 13.8 Å². The Bertz CT molecular complexity index is 621. The largest absolute Gasteiger partial charge is 0.480 e. The zero-order valence-corrected chi connectivity index (χ0v) is 17.0. The number of carbonyl (C=O) groups excluding carboxylic acids is 4. The quantitative estimate of drug-likeness (QED) is 0.175. The van der Waals surface area contributed by atoms with Gasteiger partial charge in [0.05, 0.1) is 12.1 Å². The minimum atomic E-state index is -1.42. The SMILES string of the molecule is CC(N)C(=O)NC(C(=O)NC(CCC(N)=O)C(=O)NC(C(=O)O)C(C)C)C(C)O. The van der Waals surface area contributed by atoms with Gasteiger partial charge in [-0.3, -0.25) is 19.2 Å². The number of amides is 4. The first-order valence-electron chi connectivity index (χ1n) is 9.13. The Kier molecular flexibility index (Phi) is 10.8. The van der Waals surface area contributed by atoms with Crippen molar-refractivity contribution in [2.24, 2.45) is 17.4 Å². The van der Waals surface area contributed by atoms with E-state index >= 15 is 0 Å². The maximum Gasteiger partial charge on any atom is 0.326 e. The van der Waals surface area contributed by atoms with Crippen molar-refractivity contribution >= 4 is 29.6 Å². The minimum Gasteiger partial charge on any atom is -0.480 e. The molecule has 29 heavy (non-hydrogen) atoms. The van der Waals surface area contributed by atoms with Gasteiger partial charge in [0.25, 0.3) is 0 Å². The van der Waals surface area contributed by atoms with Crippen molar-refractivity contribution in [3.8, 4) is 0 Å². The molecule has 0 saturated carbocycles. The van der Waals surface area contributed by atoms with E-state index in [4.69, 9.17) is 11.5 Å². The lowest BCUT2D eigenvalue weighted by Crippen LogP contribution is -2.59. The van der Waals surface area contributed by atoms with Gasteiger partial charge in [0.15, 0.2) is 0 Å². The number of hydrogen-bond donors (Lipinski definition) is 7. The van der Waals surface area contributed by atoms with E-state index in [1.165, 1.54) is 13.8 Å². The van der Waals surface area contributed by atoms with Gasteiger partial charge in [0, 0.05) is 6.42 Å². The number of carboxylic acid groups (broad SMARTS) is 1. The fourth-order valence-corrected chi connectivity index (χ4v) is 2.27. The zero-order chi connectivity index (χ0) is 22.9. The molecule has 0 bridgehead atoms. The number of carbonyl (C=O) groups is 5. The first-order chi connectivity index (χ1) is 13.3.